The molecule has 1 aromatic rings. The van der Waals surface area contributed by atoms with E-state index in [-0.39, 0.29) is 29.6 Å². The third kappa shape index (κ3) is 5.76. The quantitative estimate of drug-likeness (QED) is 0.671. The third-order valence-corrected chi connectivity index (χ3v) is 4.83. The van der Waals surface area contributed by atoms with E-state index in [0.717, 1.165) is 0 Å². The molecule has 0 amide bonds. The van der Waals surface area contributed by atoms with Gasteiger partial charge in [-0.15, -0.1) is 0 Å². The maximum Gasteiger partial charge on any atom is 0.307 e. The number of benzene rings is 1. The third-order valence-electron chi connectivity index (χ3n) is 3.41. The van der Waals surface area contributed by atoms with Crippen LogP contribution in [0, 0.1) is 11.8 Å². The van der Waals surface area contributed by atoms with Gasteiger partial charge < -0.3 is 5.11 Å². The van der Waals surface area contributed by atoms with E-state index in [4.69, 9.17) is 5.11 Å². The van der Waals surface area contributed by atoms with Gasteiger partial charge in [-0.1, -0.05) is 32.9 Å². The Kier molecular flexibility index (Phi) is 6.90. The van der Waals surface area contributed by atoms with E-state index in [2.05, 4.69) is 4.72 Å². The average Bonchev–Trinajstić information content (AvgIpc) is 2.50. The van der Waals surface area contributed by atoms with Crippen molar-refractivity contribution >= 4 is 21.8 Å². The Balaban J connectivity index is 2.91. The van der Waals surface area contributed by atoms with Crippen LogP contribution in [0.1, 0.15) is 44.0 Å². The lowest BCUT2D eigenvalue weighted by atomic mass is 9.98. The number of sulfonamides is 1. The molecule has 0 aliphatic heterocycles. The summed E-state index contributed by atoms with van der Waals surface area (Å²) in [6.07, 6.45) is 0.665. The van der Waals surface area contributed by atoms with E-state index in [1.807, 2.05) is 13.8 Å². The highest BCUT2D eigenvalue weighted by Crippen LogP contribution is 2.15. The maximum absolute atomic E-state index is 12.3. The molecule has 0 spiro atoms. The first-order valence-corrected chi connectivity index (χ1v) is 9.01. The number of hydrogen-bond donors (Lipinski definition) is 2. The van der Waals surface area contributed by atoms with Gasteiger partial charge in [-0.25, -0.2) is 13.1 Å². The Bertz CT molecular complexity index is 667. The van der Waals surface area contributed by atoms with Gasteiger partial charge >= 0.3 is 5.97 Å². The highest BCUT2D eigenvalue weighted by molar-refractivity contribution is 7.89. The summed E-state index contributed by atoms with van der Waals surface area (Å²) < 4.78 is 26.9. The molecular weight excluding hydrogens is 318 g/mol. The molecule has 0 aromatic heterocycles. The molecule has 0 bridgehead atoms. The number of carboxylic acids is 1. The molecular formula is C16H23NO5S. The fourth-order valence-corrected chi connectivity index (χ4v) is 3.30. The van der Waals surface area contributed by atoms with Gasteiger partial charge in [0.15, 0.2) is 5.78 Å². The molecule has 2 N–H and O–H groups in total. The van der Waals surface area contributed by atoms with Crippen LogP contribution in [0.5, 0.6) is 0 Å². The summed E-state index contributed by atoms with van der Waals surface area (Å²) in [5.74, 6) is -1.82. The molecule has 1 rings (SSSR count). The Morgan fingerprint density at radius 2 is 1.91 bits per heavy atom. The second kappa shape index (κ2) is 8.21. The predicted molar refractivity (Wildman–Crippen MR) is 86.8 cm³/mol. The number of nitrogens with one attached hydrogen (secondary N) is 1. The van der Waals surface area contributed by atoms with Crippen LogP contribution in [-0.2, 0) is 14.8 Å². The first-order chi connectivity index (χ1) is 10.7. The van der Waals surface area contributed by atoms with Crippen molar-refractivity contribution in [2.24, 2.45) is 11.8 Å². The van der Waals surface area contributed by atoms with Crippen molar-refractivity contribution in [3.8, 4) is 0 Å². The summed E-state index contributed by atoms with van der Waals surface area (Å²) in [5, 5.41) is 9.16. The normalized spacial score (nSPS) is 13.0. The monoisotopic (exact) mass is 341 g/mol. The molecule has 128 valence electrons. The zero-order valence-corrected chi connectivity index (χ0v) is 14.4. The smallest absolute Gasteiger partial charge is 0.307 e. The molecule has 1 atom stereocenters. The van der Waals surface area contributed by atoms with Crippen molar-refractivity contribution in [2.75, 3.05) is 6.54 Å². The fourth-order valence-electron chi connectivity index (χ4n) is 2.17. The predicted octanol–water partition coefficient (Wildman–Crippen LogP) is 2.30. The molecule has 0 fully saturated rings. The van der Waals surface area contributed by atoms with Crippen LogP contribution < -0.4 is 4.72 Å². The summed E-state index contributed by atoms with van der Waals surface area (Å²) in [6, 6.07) is 5.75. The Morgan fingerprint density at radius 1 is 1.26 bits per heavy atom. The number of aliphatic carboxylic acids is 1. The van der Waals surface area contributed by atoms with Crippen LogP contribution in [0.4, 0.5) is 0 Å². The highest BCUT2D eigenvalue weighted by Gasteiger charge is 2.23. The molecule has 6 nitrogen and oxygen atoms in total. The van der Waals surface area contributed by atoms with Crippen LogP contribution in [-0.4, -0.2) is 31.8 Å². The standard InChI is InChI=1S/C16H23NO5S/c1-4-15(18)12-6-5-7-14(9-12)23(21,22)17-10-13(16(19)20)8-11(2)3/h5-7,9,11,13,17H,4,8,10H2,1-3H3,(H,19,20). The number of carboxylic acid groups (broad SMARTS) is 1. The zero-order chi connectivity index (χ0) is 17.6. The number of carbonyl (C=O) groups excluding carboxylic acids is 1. The van der Waals surface area contributed by atoms with Gasteiger partial charge in [0, 0.05) is 18.5 Å². The van der Waals surface area contributed by atoms with Gasteiger partial charge in [0.25, 0.3) is 0 Å². The molecule has 23 heavy (non-hydrogen) atoms. The highest BCUT2D eigenvalue weighted by atomic mass is 32.2. The Labute approximate surface area is 137 Å². The first-order valence-electron chi connectivity index (χ1n) is 7.53. The van der Waals surface area contributed by atoms with Crippen LogP contribution in [0.2, 0.25) is 0 Å². The summed E-state index contributed by atoms with van der Waals surface area (Å²) in [6.45, 7) is 5.28. The number of Topliss-reactive ketones (excluding diaryl/α,β-unsaturated/α-hetero) is 1. The minimum atomic E-state index is -3.85. The summed E-state index contributed by atoms with van der Waals surface area (Å²) in [4.78, 5) is 22.8. The van der Waals surface area contributed by atoms with E-state index in [0.29, 0.717) is 12.0 Å². The number of rotatable bonds is 9. The van der Waals surface area contributed by atoms with Crippen molar-refractivity contribution in [1.82, 2.24) is 4.72 Å². The topological polar surface area (TPSA) is 101 Å². The molecule has 0 radical (unpaired) electrons. The van der Waals surface area contributed by atoms with Crippen molar-refractivity contribution in [3.05, 3.63) is 29.8 Å². The summed E-state index contributed by atoms with van der Waals surface area (Å²) >= 11 is 0. The van der Waals surface area contributed by atoms with Crippen LogP contribution in [0.15, 0.2) is 29.2 Å². The van der Waals surface area contributed by atoms with E-state index < -0.39 is 21.9 Å². The zero-order valence-electron chi connectivity index (χ0n) is 13.6. The fraction of sp³-hybridized carbons (Fsp3) is 0.500. The van der Waals surface area contributed by atoms with Crippen molar-refractivity contribution < 1.29 is 23.1 Å². The average molecular weight is 341 g/mol. The lowest BCUT2D eigenvalue weighted by Crippen LogP contribution is -2.33. The van der Waals surface area contributed by atoms with Gasteiger partial charge in [-0.05, 0) is 24.5 Å². The Morgan fingerprint density at radius 3 is 2.43 bits per heavy atom. The largest absolute Gasteiger partial charge is 0.481 e. The molecule has 1 aromatic carbocycles. The number of carbonyl (C=O) groups is 2. The number of ketones is 1. The van der Waals surface area contributed by atoms with Gasteiger partial charge in [-0.3, -0.25) is 9.59 Å². The molecule has 0 saturated heterocycles. The number of hydrogen-bond acceptors (Lipinski definition) is 4. The molecule has 1 unspecified atom stereocenters. The van der Waals surface area contributed by atoms with Crippen LogP contribution in [0.25, 0.3) is 0 Å². The molecule has 0 aliphatic carbocycles. The van der Waals surface area contributed by atoms with Crippen molar-refractivity contribution in [3.63, 3.8) is 0 Å². The van der Waals surface area contributed by atoms with E-state index in [1.54, 1.807) is 13.0 Å². The lowest BCUT2D eigenvalue weighted by molar-refractivity contribution is -0.142. The first kappa shape index (κ1) is 19.3. The Hall–Kier alpha value is -1.73. The molecule has 7 heteroatoms. The SMILES string of the molecule is CCC(=O)c1cccc(S(=O)(=O)NCC(CC(C)C)C(=O)O)c1. The molecule has 0 aliphatic rings. The molecule has 0 heterocycles. The minimum absolute atomic E-state index is 0.0366. The molecule has 0 saturated carbocycles. The van der Waals surface area contributed by atoms with Crippen molar-refractivity contribution in [2.45, 2.75) is 38.5 Å². The van der Waals surface area contributed by atoms with Gasteiger partial charge in [0.05, 0.1) is 10.8 Å². The van der Waals surface area contributed by atoms with Gasteiger partial charge in [0.1, 0.15) is 0 Å². The van der Waals surface area contributed by atoms with Gasteiger partial charge in [-0.2, -0.15) is 0 Å². The van der Waals surface area contributed by atoms with E-state index >= 15 is 0 Å². The van der Waals surface area contributed by atoms with Crippen LogP contribution >= 0.6 is 0 Å². The summed E-state index contributed by atoms with van der Waals surface area (Å²) in [7, 11) is -3.85. The van der Waals surface area contributed by atoms with E-state index in [9.17, 15) is 18.0 Å². The summed E-state index contributed by atoms with van der Waals surface area (Å²) in [5.41, 5.74) is 0.326. The minimum Gasteiger partial charge on any atom is -0.481 e. The van der Waals surface area contributed by atoms with E-state index in [1.165, 1.54) is 18.2 Å². The second-order valence-electron chi connectivity index (χ2n) is 5.82. The maximum atomic E-state index is 12.3. The van der Waals surface area contributed by atoms with Crippen LogP contribution in [0.3, 0.4) is 0 Å². The second-order valence-corrected chi connectivity index (χ2v) is 7.59. The lowest BCUT2D eigenvalue weighted by Gasteiger charge is -2.15. The van der Waals surface area contributed by atoms with Gasteiger partial charge in [0.2, 0.25) is 10.0 Å². The van der Waals surface area contributed by atoms with Crippen molar-refractivity contribution in [1.29, 1.82) is 0 Å².